The molecular weight excluding hydrogens is 234 g/mol. The molecule has 0 aliphatic heterocycles. The molecule has 1 atom stereocenters. The van der Waals surface area contributed by atoms with Crippen molar-refractivity contribution >= 4 is 21.8 Å². The summed E-state index contributed by atoms with van der Waals surface area (Å²) >= 11 is 3.31. The number of aliphatic hydroxyl groups is 1. The van der Waals surface area contributed by atoms with E-state index in [0.29, 0.717) is 12.8 Å². The Labute approximate surface area is 88.0 Å². The van der Waals surface area contributed by atoms with Crippen LogP contribution in [-0.4, -0.2) is 29.0 Å². The summed E-state index contributed by atoms with van der Waals surface area (Å²) in [5, 5.41) is 12.4. The van der Waals surface area contributed by atoms with Crippen LogP contribution in [0.1, 0.15) is 32.6 Å². The summed E-state index contributed by atoms with van der Waals surface area (Å²) < 4.78 is 0. The molecule has 0 radical (unpaired) electrons. The van der Waals surface area contributed by atoms with Gasteiger partial charge in [0.05, 0.1) is 0 Å². The van der Waals surface area contributed by atoms with E-state index in [1.807, 2.05) is 6.92 Å². The average molecular weight is 252 g/mol. The molecule has 0 saturated carbocycles. The van der Waals surface area contributed by atoms with Gasteiger partial charge in [-0.15, -0.1) is 0 Å². The van der Waals surface area contributed by atoms with Crippen molar-refractivity contribution in [3.8, 4) is 0 Å². The summed E-state index contributed by atoms with van der Waals surface area (Å²) in [4.78, 5) is 11.2. The quantitative estimate of drug-likeness (QED) is 0.532. The maximum atomic E-state index is 11.2. The van der Waals surface area contributed by atoms with Crippen LogP contribution in [-0.2, 0) is 4.79 Å². The van der Waals surface area contributed by atoms with Gasteiger partial charge < -0.3 is 10.4 Å². The number of rotatable bonds is 7. The van der Waals surface area contributed by atoms with Crippen molar-refractivity contribution in [3.05, 3.63) is 0 Å². The average Bonchev–Trinajstić information content (AvgIpc) is 2.05. The lowest BCUT2D eigenvalue weighted by atomic mass is 10.2. The molecule has 0 aromatic carbocycles. The zero-order valence-electron chi connectivity index (χ0n) is 8.05. The van der Waals surface area contributed by atoms with Crippen molar-refractivity contribution in [1.82, 2.24) is 5.32 Å². The first-order valence-electron chi connectivity index (χ1n) is 4.67. The molecule has 0 aliphatic rings. The third-order valence-corrected chi connectivity index (χ3v) is 2.32. The van der Waals surface area contributed by atoms with E-state index < -0.39 is 0 Å². The molecule has 0 saturated heterocycles. The summed E-state index contributed by atoms with van der Waals surface area (Å²) in [5.41, 5.74) is 0. The second kappa shape index (κ2) is 8.51. The Morgan fingerprint density at radius 1 is 1.54 bits per heavy atom. The van der Waals surface area contributed by atoms with Gasteiger partial charge in [0.25, 0.3) is 0 Å². The molecule has 0 aromatic heterocycles. The fourth-order valence-electron chi connectivity index (χ4n) is 0.993. The van der Waals surface area contributed by atoms with E-state index in [0.717, 1.165) is 18.2 Å². The molecule has 4 heteroatoms. The number of carbonyl (C=O) groups excluding carboxylic acids is 1. The Bertz CT molecular complexity index is 142. The maximum absolute atomic E-state index is 11.2. The minimum absolute atomic E-state index is 0.0847. The third kappa shape index (κ3) is 8.25. The van der Waals surface area contributed by atoms with E-state index in [2.05, 4.69) is 21.2 Å². The normalized spacial score (nSPS) is 12.5. The smallest absolute Gasteiger partial charge is 0.220 e. The van der Waals surface area contributed by atoms with Gasteiger partial charge in [0.2, 0.25) is 5.91 Å². The monoisotopic (exact) mass is 251 g/mol. The second-order valence-electron chi connectivity index (χ2n) is 3.13. The van der Waals surface area contributed by atoms with Gasteiger partial charge in [-0.3, -0.25) is 4.79 Å². The number of hydrogen-bond acceptors (Lipinski definition) is 2. The fourth-order valence-corrected chi connectivity index (χ4v) is 1.39. The second-order valence-corrected chi connectivity index (χ2v) is 3.92. The van der Waals surface area contributed by atoms with Crippen molar-refractivity contribution in [1.29, 1.82) is 0 Å². The Hall–Kier alpha value is -0.0900. The Kier molecular flexibility index (Phi) is 8.45. The third-order valence-electron chi connectivity index (χ3n) is 1.76. The van der Waals surface area contributed by atoms with Crippen LogP contribution in [0, 0.1) is 0 Å². The van der Waals surface area contributed by atoms with Crippen molar-refractivity contribution in [2.75, 3.05) is 11.9 Å². The van der Waals surface area contributed by atoms with Gasteiger partial charge in [-0.25, -0.2) is 0 Å². The van der Waals surface area contributed by atoms with E-state index in [1.165, 1.54) is 0 Å². The molecule has 78 valence electrons. The lowest BCUT2D eigenvalue weighted by Gasteiger charge is -2.11. The van der Waals surface area contributed by atoms with Gasteiger partial charge in [0.1, 0.15) is 0 Å². The highest BCUT2D eigenvalue weighted by Gasteiger charge is 2.05. The summed E-state index contributed by atoms with van der Waals surface area (Å²) in [6.45, 7) is 2.03. The number of hydrogen-bond donors (Lipinski definition) is 2. The maximum Gasteiger partial charge on any atom is 0.220 e. The van der Waals surface area contributed by atoms with Crippen LogP contribution in [0.4, 0.5) is 0 Å². The largest absolute Gasteiger partial charge is 0.396 e. The lowest BCUT2D eigenvalue weighted by Crippen LogP contribution is -2.32. The predicted molar refractivity (Wildman–Crippen MR) is 57.0 cm³/mol. The molecule has 0 fully saturated rings. The highest BCUT2D eigenvalue weighted by Crippen LogP contribution is 1.99. The van der Waals surface area contributed by atoms with E-state index in [1.54, 1.807) is 0 Å². The molecule has 1 unspecified atom stereocenters. The molecule has 2 N–H and O–H groups in total. The first kappa shape index (κ1) is 12.9. The van der Waals surface area contributed by atoms with Gasteiger partial charge in [-0.2, -0.15) is 0 Å². The number of alkyl halides is 1. The van der Waals surface area contributed by atoms with Crippen molar-refractivity contribution in [3.63, 3.8) is 0 Å². The van der Waals surface area contributed by atoms with Gasteiger partial charge >= 0.3 is 0 Å². The van der Waals surface area contributed by atoms with Gasteiger partial charge in [0.15, 0.2) is 0 Å². The number of carbonyl (C=O) groups is 1. The predicted octanol–water partition coefficient (Wildman–Crippen LogP) is 1.44. The Balaban J connectivity index is 3.38. The van der Waals surface area contributed by atoms with Gasteiger partial charge in [-0.1, -0.05) is 15.9 Å². The number of halogens is 1. The SMILES string of the molecule is CC(CCO)NC(=O)CCCCBr. The Morgan fingerprint density at radius 2 is 2.23 bits per heavy atom. The van der Waals surface area contributed by atoms with E-state index in [9.17, 15) is 4.79 Å². The van der Waals surface area contributed by atoms with Crippen LogP contribution in [0.2, 0.25) is 0 Å². The highest BCUT2D eigenvalue weighted by molar-refractivity contribution is 9.09. The number of amides is 1. The minimum atomic E-state index is 0.0847. The summed E-state index contributed by atoms with van der Waals surface area (Å²) in [6.07, 6.45) is 3.16. The van der Waals surface area contributed by atoms with E-state index >= 15 is 0 Å². The van der Waals surface area contributed by atoms with E-state index in [4.69, 9.17) is 5.11 Å². The number of aliphatic hydroxyl groups excluding tert-OH is 1. The molecule has 3 nitrogen and oxygen atoms in total. The van der Waals surface area contributed by atoms with E-state index in [-0.39, 0.29) is 18.6 Å². The molecule has 1 amide bonds. The van der Waals surface area contributed by atoms with Crippen LogP contribution < -0.4 is 5.32 Å². The summed E-state index contributed by atoms with van der Waals surface area (Å²) in [5.74, 6) is 0.0851. The first-order chi connectivity index (χ1) is 6.20. The van der Waals surface area contributed by atoms with Crippen LogP contribution in [0.25, 0.3) is 0 Å². The molecule has 13 heavy (non-hydrogen) atoms. The molecule has 0 spiro atoms. The molecular formula is C9H18BrNO2. The Morgan fingerprint density at radius 3 is 2.77 bits per heavy atom. The molecule has 0 bridgehead atoms. The summed E-state index contributed by atoms with van der Waals surface area (Å²) in [7, 11) is 0. The van der Waals surface area contributed by atoms with Crippen molar-refractivity contribution in [2.45, 2.75) is 38.6 Å². The zero-order chi connectivity index (χ0) is 10.1. The molecule has 0 aliphatic carbocycles. The summed E-state index contributed by atoms with van der Waals surface area (Å²) in [6, 6.07) is 0.0847. The standard InChI is InChI=1S/C9H18BrNO2/c1-8(5-7-12)11-9(13)4-2-3-6-10/h8,12H,2-7H2,1H3,(H,11,13). The number of nitrogens with one attached hydrogen (secondary N) is 1. The number of unbranched alkanes of at least 4 members (excludes halogenated alkanes) is 1. The van der Waals surface area contributed by atoms with Crippen LogP contribution in [0.5, 0.6) is 0 Å². The van der Waals surface area contributed by atoms with Crippen molar-refractivity contribution in [2.24, 2.45) is 0 Å². The fraction of sp³-hybridized carbons (Fsp3) is 0.889. The molecule has 0 aromatic rings. The van der Waals surface area contributed by atoms with Gasteiger partial charge in [0, 0.05) is 24.4 Å². The van der Waals surface area contributed by atoms with Crippen LogP contribution >= 0.6 is 15.9 Å². The highest BCUT2D eigenvalue weighted by atomic mass is 79.9. The van der Waals surface area contributed by atoms with Crippen LogP contribution in [0.3, 0.4) is 0 Å². The lowest BCUT2D eigenvalue weighted by molar-refractivity contribution is -0.121. The van der Waals surface area contributed by atoms with Crippen LogP contribution in [0.15, 0.2) is 0 Å². The topological polar surface area (TPSA) is 49.3 Å². The molecule has 0 rings (SSSR count). The van der Waals surface area contributed by atoms with Gasteiger partial charge in [-0.05, 0) is 26.2 Å². The molecule has 0 heterocycles. The zero-order valence-corrected chi connectivity index (χ0v) is 9.64. The first-order valence-corrected chi connectivity index (χ1v) is 5.79. The minimum Gasteiger partial charge on any atom is -0.396 e. The van der Waals surface area contributed by atoms with Crippen molar-refractivity contribution < 1.29 is 9.90 Å².